The molecule has 1 fully saturated rings. The fraction of sp³-hybridized carbons (Fsp3) is 0.333. The number of hydrogen-bond donors (Lipinski definition) is 0. The summed E-state index contributed by atoms with van der Waals surface area (Å²) in [6, 6.07) is 9.06. The quantitative estimate of drug-likeness (QED) is 0.335. The predicted molar refractivity (Wildman–Crippen MR) is 110 cm³/mol. The number of anilines is 1. The van der Waals surface area contributed by atoms with Gasteiger partial charge >= 0.3 is 0 Å². The van der Waals surface area contributed by atoms with Crippen LogP contribution in [0.2, 0.25) is 0 Å². The van der Waals surface area contributed by atoms with E-state index in [-0.39, 0.29) is 28.4 Å². The second-order valence-electron chi connectivity index (χ2n) is 7.60. The van der Waals surface area contributed by atoms with E-state index in [0.29, 0.717) is 17.9 Å². The lowest BCUT2D eigenvalue weighted by Gasteiger charge is -2.35. The SMILES string of the molecule is O=C1c2ncccc2C(=O)c2c1n[n+]([O-])n2CCCN1CCN(c2ccccn2)CC1. The average Bonchev–Trinajstić information content (AvgIpc) is 3.15. The fourth-order valence-electron chi connectivity index (χ4n) is 4.16. The Hall–Kier alpha value is -3.66. The van der Waals surface area contributed by atoms with Crippen LogP contribution in [-0.2, 0) is 6.54 Å². The molecule has 0 N–H and O–H groups in total. The first-order valence-electron chi connectivity index (χ1n) is 10.3. The number of ketones is 2. The molecule has 158 valence electrons. The molecule has 1 aliphatic heterocycles. The minimum atomic E-state index is -0.487. The molecule has 1 saturated heterocycles. The second-order valence-corrected chi connectivity index (χ2v) is 7.60. The zero-order valence-corrected chi connectivity index (χ0v) is 16.8. The van der Waals surface area contributed by atoms with Gasteiger partial charge in [0.1, 0.15) is 11.5 Å². The van der Waals surface area contributed by atoms with Crippen molar-refractivity contribution in [2.45, 2.75) is 13.0 Å². The van der Waals surface area contributed by atoms with E-state index in [1.54, 1.807) is 18.3 Å². The molecule has 0 bridgehead atoms. The third-order valence-electron chi connectivity index (χ3n) is 5.76. The van der Waals surface area contributed by atoms with Gasteiger partial charge in [0.25, 0.3) is 0 Å². The molecule has 4 heterocycles. The highest BCUT2D eigenvalue weighted by molar-refractivity contribution is 6.26. The Morgan fingerprint density at radius 1 is 0.903 bits per heavy atom. The van der Waals surface area contributed by atoms with Crippen LogP contribution in [0.4, 0.5) is 5.82 Å². The van der Waals surface area contributed by atoms with Gasteiger partial charge < -0.3 is 10.1 Å². The van der Waals surface area contributed by atoms with Crippen LogP contribution in [0.15, 0.2) is 42.7 Å². The molecule has 31 heavy (non-hydrogen) atoms. The van der Waals surface area contributed by atoms with E-state index in [0.717, 1.165) is 38.5 Å². The highest BCUT2D eigenvalue weighted by Crippen LogP contribution is 2.24. The number of carbonyl (C=O) groups excluding carboxylic acids is 2. The van der Waals surface area contributed by atoms with Crippen molar-refractivity contribution in [2.75, 3.05) is 37.6 Å². The van der Waals surface area contributed by atoms with Gasteiger partial charge in [-0.25, -0.2) is 4.98 Å². The predicted octanol–water partition coefficient (Wildman–Crippen LogP) is 0.294. The number of nitrogens with zero attached hydrogens (tertiary/aromatic N) is 7. The van der Waals surface area contributed by atoms with Gasteiger partial charge in [-0.1, -0.05) is 6.07 Å². The molecular weight excluding hydrogens is 398 g/mol. The molecule has 5 rings (SSSR count). The third-order valence-corrected chi connectivity index (χ3v) is 5.76. The van der Waals surface area contributed by atoms with E-state index in [2.05, 4.69) is 24.9 Å². The highest BCUT2D eigenvalue weighted by Gasteiger charge is 2.40. The molecule has 0 radical (unpaired) electrons. The zero-order valence-electron chi connectivity index (χ0n) is 16.8. The fourth-order valence-corrected chi connectivity index (χ4v) is 4.16. The van der Waals surface area contributed by atoms with Gasteiger partial charge in [0, 0.05) is 55.2 Å². The van der Waals surface area contributed by atoms with Crippen LogP contribution in [0, 0.1) is 5.21 Å². The number of fused-ring (bicyclic) bond motifs is 2. The van der Waals surface area contributed by atoms with Crippen molar-refractivity contribution in [1.82, 2.24) is 24.6 Å². The smallest absolute Gasteiger partial charge is 0.239 e. The number of aromatic nitrogens is 5. The van der Waals surface area contributed by atoms with Crippen molar-refractivity contribution < 1.29 is 14.5 Å². The van der Waals surface area contributed by atoms with Gasteiger partial charge in [-0.2, -0.15) is 0 Å². The summed E-state index contributed by atoms with van der Waals surface area (Å²) < 4.78 is 1.26. The summed E-state index contributed by atoms with van der Waals surface area (Å²) in [5.41, 5.74) is 0.207. The zero-order chi connectivity index (χ0) is 21.4. The normalized spacial score (nSPS) is 16.3. The van der Waals surface area contributed by atoms with Crippen LogP contribution >= 0.6 is 0 Å². The van der Waals surface area contributed by atoms with Crippen molar-refractivity contribution in [2.24, 2.45) is 0 Å². The van der Waals surface area contributed by atoms with Gasteiger partial charge in [0.15, 0.2) is 5.69 Å². The van der Waals surface area contributed by atoms with Crippen LogP contribution in [0.3, 0.4) is 0 Å². The summed E-state index contributed by atoms with van der Waals surface area (Å²) in [6.45, 7) is 4.65. The van der Waals surface area contributed by atoms with Gasteiger partial charge in [0.2, 0.25) is 17.3 Å². The number of pyridine rings is 2. The number of carbonyl (C=O) groups is 2. The molecule has 0 unspecified atom stereocenters. The molecule has 1 aliphatic carbocycles. The van der Waals surface area contributed by atoms with E-state index in [1.807, 2.05) is 18.2 Å². The van der Waals surface area contributed by atoms with Gasteiger partial charge in [-0.05, 0) is 30.7 Å². The number of rotatable bonds is 5. The van der Waals surface area contributed by atoms with E-state index >= 15 is 0 Å². The van der Waals surface area contributed by atoms with Gasteiger partial charge in [-0.3, -0.25) is 19.5 Å². The Kier molecular flexibility index (Phi) is 4.91. The van der Waals surface area contributed by atoms with Crippen LogP contribution in [0.5, 0.6) is 0 Å². The van der Waals surface area contributed by atoms with Gasteiger partial charge in [0.05, 0.1) is 12.1 Å². The highest BCUT2D eigenvalue weighted by atomic mass is 16.5. The van der Waals surface area contributed by atoms with Crippen LogP contribution in [0.25, 0.3) is 0 Å². The standard InChI is InChI=1S/C21H21N7O3/c29-20-15-5-3-8-23-17(15)21(30)18-19(20)27(28(31)24-18)10-4-9-25-11-13-26(14-12-25)16-6-1-2-7-22-16/h1-3,5-8H,4,9-14H2. The average molecular weight is 419 g/mol. The van der Waals surface area contributed by atoms with Gasteiger partial charge in [-0.15, -0.1) is 4.68 Å². The second kappa shape index (κ2) is 7.88. The topological polar surface area (TPSA) is 111 Å². The van der Waals surface area contributed by atoms with Crippen molar-refractivity contribution in [1.29, 1.82) is 0 Å². The Morgan fingerprint density at radius 3 is 2.48 bits per heavy atom. The molecule has 10 heteroatoms. The summed E-state index contributed by atoms with van der Waals surface area (Å²) >= 11 is 0. The van der Waals surface area contributed by atoms with E-state index in [1.165, 1.54) is 10.9 Å². The Balaban J connectivity index is 1.23. The van der Waals surface area contributed by atoms with E-state index in [9.17, 15) is 14.8 Å². The summed E-state index contributed by atoms with van der Waals surface area (Å²) in [7, 11) is 0. The van der Waals surface area contributed by atoms with Crippen LogP contribution in [-0.4, -0.2) is 68.9 Å². The molecule has 0 aromatic carbocycles. The van der Waals surface area contributed by atoms with Crippen molar-refractivity contribution in [3.05, 3.63) is 70.6 Å². The lowest BCUT2D eigenvalue weighted by Crippen LogP contribution is -2.47. The number of piperazine rings is 1. The molecule has 10 nitrogen and oxygen atoms in total. The summed E-state index contributed by atoms with van der Waals surface area (Å²) in [5, 5.41) is 16.1. The molecule has 2 aliphatic rings. The van der Waals surface area contributed by atoms with E-state index in [4.69, 9.17) is 0 Å². The van der Waals surface area contributed by atoms with Crippen molar-refractivity contribution >= 4 is 17.4 Å². The molecule has 3 aromatic heterocycles. The molecule has 0 saturated carbocycles. The van der Waals surface area contributed by atoms with E-state index < -0.39 is 5.78 Å². The van der Waals surface area contributed by atoms with Crippen molar-refractivity contribution in [3.63, 3.8) is 0 Å². The Morgan fingerprint density at radius 2 is 1.71 bits per heavy atom. The maximum atomic E-state index is 12.9. The van der Waals surface area contributed by atoms with Crippen LogP contribution < -0.4 is 9.86 Å². The molecular formula is C21H21N7O3. The molecule has 0 spiro atoms. The molecule has 0 amide bonds. The molecule has 0 atom stereocenters. The first-order valence-corrected chi connectivity index (χ1v) is 10.3. The summed E-state index contributed by atoms with van der Waals surface area (Å²) in [5.74, 6) is 0.112. The van der Waals surface area contributed by atoms with Crippen LogP contribution in [0.1, 0.15) is 38.7 Å². The maximum Gasteiger partial charge on any atom is 0.239 e. The Labute approximate surface area is 178 Å². The maximum absolute atomic E-state index is 12.9. The third kappa shape index (κ3) is 3.44. The number of hydrogen-bond acceptors (Lipinski definition) is 8. The monoisotopic (exact) mass is 419 g/mol. The lowest BCUT2D eigenvalue weighted by atomic mass is 9.94. The van der Waals surface area contributed by atoms with Crippen molar-refractivity contribution in [3.8, 4) is 0 Å². The Bertz CT molecular complexity index is 1140. The summed E-state index contributed by atoms with van der Waals surface area (Å²) in [6.07, 6.45) is 3.91. The molecule has 3 aromatic rings. The minimum absolute atomic E-state index is 0.0519. The largest absolute Gasteiger partial charge is 0.571 e. The summed E-state index contributed by atoms with van der Waals surface area (Å²) in [4.78, 5) is 38.8. The first kappa shape index (κ1) is 19.3. The minimum Gasteiger partial charge on any atom is -0.571 e. The lowest BCUT2D eigenvalue weighted by molar-refractivity contribution is -0.749. The first-order chi connectivity index (χ1) is 15.1.